The summed E-state index contributed by atoms with van der Waals surface area (Å²) in [6, 6.07) is 0. The van der Waals surface area contributed by atoms with Crippen LogP contribution in [0, 0.1) is 0 Å². The second-order valence-electron chi connectivity index (χ2n) is 1.44. The molecule has 0 saturated heterocycles. The molecule has 0 amide bonds. The highest BCUT2D eigenvalue weighted by Gasteiger charge is 2.20. The molecule has 0 N–H and O–H groups in total. The lowest BCUT2D eigenvalue weighted by molar-refractivity contribution is 0.208. The van der Waals surface area contributed by atoms with Crippen molar-refractivity contribution in [3.8, 4) is 0 Å². The van der Waals surface area contributed by atoms with Crippen LogP contribution in [-0.2, 0) is 14.0 Å². The first-order valence-electron chi connectivity index (χ1n) is 2.76. The molecule has 0 spiro atoms. The monoisotopic (exact) mass is 187 g/mol. The van der Waals surface area contributed by atoms with Crippen LogP contribution in [0.2, 0.25) is 0 Å². The van der Waals surface area contributed by atoms with E-state index in [2.05, 4.69) is 14.2 Å². The van der Waals surface area contributed by atoms with Crippen LogP contribution in [0.15, 0.2) is 4.76 Å². The molecule has 0 unspecified atom stereocenters. The fourth-order valence-electron chi connectivity index (χ4n) is 0.347. The Balaban J connectivity index is 4.23. The number of ether oxygens (including phenoxy) is 2. The zero-order valence-electron chi connectivity index (χ0n) is 6.08. The van der Waals surface area contributed by atoms with Crippen LogP contribution in [0.1, 0.15) is 6.92 Å². The number of hydrogen-bond acceptors (Lipinski definition) is 3. The van der Waals surface area contributed by atoms with Gasteiger partial charge in [0.1, 0.15) is 0 Å². The Bertz CT molecular complexity index is 190. The SMILES string of the molecule is CCOC(=NP(=O)(F)F)OC. The van der Waals surface area contributed by atoms with Gasteiger partial charge in [-0.15, -0.1) is 8.39 Å². The molecule has 0 aliphatic carbocycles. The highest BCUT2D eigenvalue weighted by Crippen LogP contribution is 2.50. The molecule has 4 nitrogen and oxygen atoms in total. The molecule has 0 heterocycles. The first kappa shape index (κ1) is 10.4. The Labute approximate surface area is 62.9 Å². The molecule has 0 rings (SSSR count). The van der Waals surface area contributed by atoms with Crippen molar-refractivity contribution in [3.63, 3.8) is 0 Å². The lowest BCUT2D eigenvalue weighted by Crippen LogP contribution is -2.05. The van der Waals surface area contributed by atoms with Crippen LogP contribution in [-0.4, -0.2) is 19.8 Å². The maximum atomic E-state index is 11.7. The minimum absolute atomic E-state index is 0.132. The normalized spacial score (nSPS) is 12.9. The van der Waals surface area contributed by atoms with Gasteiger partial charge in [-0.2, -0.15) is 0 Å². The minimum Gasteiger partial charge on any atom is -0.454 e. The maximum absolute atomic E-state index is 11.7. The topological polar surface area (TPSA) is 47.9 Å². The summed E-state index contributed by atoms with van der Waals surface area (Å²) in [6.07, 6.45) is -0.652. The predicted molar refractivity (Wildman–Crippen MR) is 35.9 cm³/mol. The average Bonchev–Trinajstić information content (AvgIpc) is 1.84. The van der Waals surface area contributed by atoms with Crippen LogP contribution in [0.25, 0.3) is 0 Å². The molecular formula is C4H8F2NO3P. The van der Waals surface area contributed by atoms with Gasteiger partial charge in [0.15, 0.2) is 0 Å². The number of methoxy groups -OCH3 is 1. The molecule has 0 saturated carbocycles. The van der Waals surface area contributed by atoms with Crippen LogP contribution in [0.5, 0.6) is 0 Å². The molecule has 0 radical (unpaired) electrons. The van der Waals surface area contributed by atoms with Gasteiger partial charge in [0, 0.05) is 0 Å². The Hall–Kier alpha value is -0.640. The first-order chi connectivity index (χ1) is 4.99. The fraction of sp³-hybridized carbons (Fsp3) is 0.750. The molecular weight excluding hydrogens is 179 g/mol. The molecule has 0 aliphatic heterocycles. The van der Waals surface area contributed by atoms with E-state index in [-0.39, 0.29) is 6.61 Å². The van der Waals surface area contributed by atoms with E-state index in [1.807, 2.05) is 0 Å². The second-order valence-corrected chi connectivity index (χ2v) is 2.51. The third-order valence-electron chi connectivity index (χ3n) is 0.641. The van der Waals surface area contributed by atoms with E-state index in [1.165, 1.54) is 0 Å². The summed E-state index contributed by atoms with van der Waals surface area (Å²) >= 11 is 0. The predicted octanol–water partition coefficient (Wildman–Crippen LogP) is 2.07. The van der Waals surface area contributed by atoms with Crippen molar-refractivity contribution in [1.29, 1.82) is 0 Å². The van der Waals surface area contributed by atoms with E-state index >= 15 is 0 Å². The summed E-state index contributed by atoms with van der Waals surface area (Å²) < 4.78 is 44.3. The van der Waals surface area contributed by atoms with Crippen LogP contribution in [0.3, 0.4) is 0 Å². The van der Waals surface area contributed by atoms with E-state index in [1.54, 1.807) is 6.92 Å². The molecule has 0 aromatic rings. The van der Waals surface area contributed by atoms with Crippen molar-refractivity contribution in [2.45, 2.75) is 6.92 Å². The van der Waals surface area contributed by atoms with E-state index in [0.717, 1.165) is 7.11 Å². The largest absolute Gasteiger partial charge is 0.535 e. The molecule has 66 valence electrons. The third kappa shape index (κ3) is 5.79. The molecule has 0 bridgehead atoms. The Morgan fingerprint density at radius 3 is 2.45 bits per heavy atom. The van der Waals surface area contributed by atoms with E-state index in [0.29, 0.717) is 0 Å². The Kier molecular flexibility index (Phi) is 4.03. The number of halogens is 2. The highest BCUT2D eigenvalue weighted by atomic mass is 31.2. The molecule has 0 aliphatic rings. The van der Waals surface area contributed by atoms with Crippen LogP contribution >= 0.6 is 7.91 Å². The van der Waals surface area contributed by atoms with Gasteiger partial charge in [0.25, 0.3) is 0 Å². The van der Waals surface area contributed by atoms with Gasteiger partial charge in [-0.1, -0.05) is 4.76 Å². The zero-order valence-corrected chi connectivity index (χ0v) is 6.98. The fourth-order valence-corrected chi connectivity index (χ4v) is 0.677. The third-order valence-corrected chi connectivity index (χ3v) is 1.04. The smallest absolute Gasteiger partial charge is 0.454 e. The number of rotatable bonds is 2. The standard InChI is InChI=1S/C4H8F2NO3P/c1-3-10-4(9-2)7-11(5,6)8/h3H2,1-2H3. The summed E-state index contributed by atoms with van der Waals surface area (Å²) in [7, 11) is -4.33. The van der Waals surface area contributed by atoms with Crippen molar-refractivity contribution < 1.29 is 22.4 Å². The quantitative estimate of drug-likeness (QED) is 0.377. The van der Waals surface area contributed by atoms with Gasteiger partial charge in [-0.3, -0.25) is 0 Å². The first-order valence-corrected chi connectivity index (χ1v) is 4.20. The lowest BCUT2D eigenvalue weighted by Gasteiger charge is -2.02. The summed E-state index contributed by atoms with van der Waals surface area (Å²) in [4.78, 5) is 0. The number of nitrogens with zero attached hydrogens (tertiary/aromatic N) is 1. The molecule has 0 aromatic carbocycles. The second kappa shape index (κ2) is 4.28. The van der Waals surface area contributed by atoms with Crippen molar-refractivity contribution in [3.05, 3.63) is 0 Å². The van der Waals surface area contributed by atoms with Crippen molar-refractivity contribution >= 4 is 14.0 Å². The van der Waals surface area contributed by atoms with Gasteiger partial charge in [-0.05, 0) is 6.92 Å². The summed E-state index contributed by atoms with van der Waals surface area (Å²) in [5, 5.41) is 0. The van der Waals surface area contributed by atoms with Gasteiger partial charge in [0.05, 0.1) is 13.7 Å². The molecule has 0 aromatic heterocycles. The van der Waals surface area contributed by atoms with E-state index in [4.69, 9.17) is 0 Å². The summed E-state index contributed by atoms with van der Waals surface area (Å²) in [5.41, 5.74) is 0. The van der Waals surface area contributed by atoms with Gasteiger partial charge in [-0.25, -0.2) is 4.57 Å². The molecule has 11 heavy (non-hydrogen) atoms. The van der Waals surface area contributed by atoms with Crippen molar-refractivity contribution in [2.24, 2.45) is 4.76 Å². The molecule has 7 heteroatoms. The van der Waals surface area contributed by atoms with E-state index in [9.17, 15) is 13.0 Å². The minimum atomic E-state index is -5.43. The molecule has 0 atom stereocenters. The van der Waals surface area contributed by atoms with Gasteiger partial charge in [0.2, 0.25) is 0 Å². The Morgan fingerprint density at radius 2 is 2.18 bits per heavy atom. The average molecular weight is 187 g/mol. The van der Waals surface area contributed by atoms with Crippen molar-refractivity contribution in [1.82, 2.24) is 0 Å². The number of hydrogen-bond donors (Lipinski definition) is 0. The summed E-state index contributed by atoms with van der Waals surface area (Å²) in [5.74, 6) is 0. The van der Waals surface area contributed by atoms with Gasteiger partial charge < -0.3 is 9.47 Å². The van der Waals surface area contributed by atoms with E-state index < -0.39 is 14.0 Å². The zero-order chi connectivity index (χ0) is 8.91. The van der Waals surface area contributed by atoms with Crippen molar-refractivity contribution in [2.75, 3.05) is 13.7 Å². The summed E-state index contributed by atoms with van der Waals surface area (Å²) in [6.45, 7) is 1.70. The van der Waals surface area contributed by atoms with Gasteiger partial charge >= 0.3 is 14.0 Å². The maximum Gasteiger partial charge on any atom is 0.535 e. The highest BCUT2D eigenvalue weighted by molar-refractivity contribution is 7.51. The molecule has 0 fully saturated rings. The van der Waals surface area contributed by atoms with Crippen LogP contribution in [0.4, 0.5) is 8.39 Å². The lowest BCUT2D eigenvalue weighted by atomic mass is 10.9. The Morgan fingerprint density at radius 1 is 1.64 bits per heavy atom. The van der Waals surface area contributed by atoms with Crippen LogP contribution < -0.4 is 0 Å².